The van der Waals surface area contributed by atoms with E-state index in [0.29, 0.717) is 27.9 Å². The van der Waals surface area contributed by atoms with E-state index in [2.05, 4.69) is 52.0 Å². The zero-order valence-electron chi connectivity index (χ0n) is 24.7. The van der Waals surface area contributed by atoms with Crippen molar-refractivity contribution in [2.24, 2.45) is 0 Å². The van der Waals surface area contributed by atoms with Crippen LogP contribution in [0.15, 0.2) is 97.1 Å². The summed E-state index contributed by atoms with van der Waals surface area (Å²) in [7, 11) is 0. The van der Waals surface area contributed by atoms with Crippen molar-refractivity contribution in [1.82, 2.24) is 20.6 Å². The van der Waals surface area contributed by atoms with Crippen LogP contribution in [0.2, 0.25) is 0 Å². The van der Waals surface area contributed by atoms with Crippen molar-refractivity contribution >= 4 is 29.3 Å². The van der Waals surface area contributed by atoms with E-state index in [9.17, 15) is 22.8 Å². The second-order valence-corrected chi connectivity index (χ2v) is 11.4. The summed E-state index contributed by atoms with van der Waals surface area (Å²) in [5, 5.41) is 18.2. The number of H-pyrrole nitrogens is 1. The zero-order chi connectivity index (χ0) is 32.2. The topological polar surface area (TPSA) is 116 Å². The molecule has 5 rings (SSSR count). The van der Waals surface area contributed by atoms with E-state index in [1.54, 1.807) is 66.7 Å². The van der Waals surface area contributed by atoms with Gasteiger partial charge in [-0.2, -0.15) is 18.4 Å². The summed E-state index contributed by atoms with van der Waals surface area (Å²) in [5.74, 6) is -0.426. The quantitative estimate of drug-likeness (QED) is 0.174. The Balaban J connectivity index is 1.45. The first kappa shape index (κ1) is 30.9. The fraction of sp³-hybridized carbons (Fsp3) is 0.182. The van der Waals surface area contributed by atoms with E-state index in [4.69, 9.17) is 0 Å². The van der Waals surface area contributed by atoms with E-state index >= 15 is 0 Å². The molecule has 0 saturated carbocycles. The molecule has 0 saturated heterocycles. The highest BCUT2D eigenvalue weighted by molar-refractivity contribution is 6.03. The number of nitrogens with one attached hydrogen (secondary N) is 3. The van der Waals surface area contributed by atoms with Gasteiger partial charge in [0.1, 0.15) is 0 Å². The molecule has 0 aliphatic heterocycles. The van der Waals surface area contributed by atoms with Crippen LogP contribution in [0, 0.1) is 0 Å². The Bertz CT molecular complexity index is 1770. The van der Waals surface area contributed by atoms with Crippen molar-refractivity contribution in [1.29, 1.82) is 0 Å². The fourth-order valence-corrected chi connectivity index (χ4v) is 4.61. The molecule has 3 amide bonds. The molecular weight excluding hydrogens is 583 g/mol. The summed E-state index contributed by atoms with van der Waals surface area (Å²) in [5.41, 5.74) is 2.47. The number of aromatic amines is 1. The van der Waals surface area contributed by atoms with Gasteiger partial charge in [0.2, 0.25) is 0 Å². The lowest BCUT2D eigenvalue weighted by Gasteiger charge is -2.26. The Kier molecular flexibility index (Phi) is 8.66. The number of rotatable bonds is 7. The summed E-state index contributed by atoms with van der Waals surface area (Å²) in [6.07, 6.45) is -4.62. The zero-order valence-corrected chi connectivity index (χ0v) is 24.7. The van der Waals surface area contributed by atoms with Crippen molar-refractivity contribution in [3.63, 3.8) is 0 Å². The predicted molar refractivity (Wildman–Crippen MR) is 166 cm³/mol. The molecule has 12 heteroatoms. The molecule has 1 heterocycles. The van der Waals surface area contributed by atoms with Crippen molar-refractivity contribution in [3.8, 4) is 11.1 Å². The molecule has 0 spiro atoms. The van der Waals surface area contributed by atoms with Gasteiger partial charge in [0.15, 0.2) is 0 Å². The lowest BCUT2D eigenvalue weighted by atomic mass is 9.87. The molecule has 0 unspecified atom stereocenters. The highest BCUT2D eigenvalue weighted by atomic mass is 19.4. The van der Waals surface area contributed by atoms with Gasteiger partial charge in [-0.05, 0) is 75.3 Å². The third kappa shape index (κ3) is 7.71. The molecule has 0 fully saturated rings. The van der Waals surface area contributed by atoms with Crippen molar-refractivity contribution in [2.45, 2.75) is 38.9 Å². The minimum absolute atomic E-state index is 0.00141. The monoisotopic (exact) mass is 613 g/mol. The maximum Gasteiger partial charge on any atom is 0.416 e. The number of carbonyl (C=O) groups is 2. The Hall–Kier alpha value is -5.52. The van der Waals surface area contributed by atoms with Crippen LogP contribution in [0.4, 0.5) is 35.3 Å². The van der Waals surface area contributed by atoms with Gasteiger partial charge in [-0.3, -0.25) is 15.0 Å². The predicted octanol–water partition coefficient (Wildman–Crippen LogP) is 7.67. The second kappa shape index (κ2) is 12.6. The molecule has 9 nitrogen and oxygen atoms in total. The molecule has 4 aromatic carbocycles. The van der Waals surface area contributed by atoms with Crippen LogP contribution in [0.1, 0.15) is 47.8 Å². The van der Waals surface area contributed by atoms with Crippen LogP contribution in [-0.4, -0.2) is 32.6 Å². The Morgan fingerprint density at radius 2 is 1.49 bits per heavy atom. The number of alkyl halides is 3. The maximum absolute atomic E-state index is 13.9. The molecule has 0 bridgehead atoms. The van der Waals surface area contributed by atoms with Gasteiger partial charge in [-0.25, -0.2) is 4.79 Å². The number of halogens is 3. The van der Waals surface area contributed by atoms with Crippen LogP contribution < -0.4 is 15.5 Å². The molecule has 5 aromatic rings. The summed E-state index contributed by atoms with van der Waals surface area (Å²) in [6, 6.07) is 25.5. The molecule has 0 atom stereocenters. The van der Waals surface area contributed by atoms with Gasteiger partial charge in [0, 0.05) is 16.9 Å². The van der Waals surface area contributed by atoms with Crippen LogP contribution in [0.25, 0.3) is 11.1 Å². The Labute approximate surface area is 257 Å². The molecule has 3 N–H and O–H groups in total. The number of benzene rings is 4. The number of hydrogen-bond donors (Lipinski definition) is 3. The van der Waals surface area contributed by atoms with Gasteiger partial charge in [0.25, 0.3) is 11.9 Å². The number of tetrazole rings is 1. The second-order valence-electron chi connectivity index (χ2n) is 11.4. The maximum atomic E-state index is 13.9. The highest BCUT2D eigenvalue weighted by Crippen LogP contribution is 2.35. The first-order valence-electron chi connectivity index (χ1n) is 14.0. The van der Waals surface area contributed by atoms with Crippen molar-refractivity contribution in [2.75, 3.05) is 15.5 Å². The van der Waals surface area contributed by atoms with Gasteiger partial charge in [0.05, 0.1) is 12.1 Å². The molecule has 45 heavy (non-hydrogen) atoms. The standard InChI is InChI=1S/C33H30F3N7O2/c1-32(2,3)25-13-15-28(16-14-25)43(20-21-9-11-23(12-10-21)29(44)38-30-39-41-42-40-30)31(45)37-27-18-24(22-7-5-4-6-8-22)17-26(19-27)33(34,35)36/h4-19H,20H2,1-3H3,(H,37,45)(H2,38,39,40,41,42,44). The lowest BCUT2D eigenvalue weighted by molar-refractivity contribution is -0.137. The minimum Gasteiger partial charge on any atom is -0.307 e. The third-order valence-electron chi connectivity index (χ3n) is 7.04. The normalized spacial score (nSPS) is 11.6. The van der Waals surface area contributed by atoms with E-state index in [1.807, 2.05) is 12.1 Å². The molecule has 0 radical (unpaired) electrons. The Morgan fingerprint density at radius 1 is 0.800 bits per heavy atom. The molecular formula is C33H30F3N7O2. The minimum atomic E-state index is -4.62. The molecule has 230 valence electrons. The van der Waals surface area contributed by atoms with E-state index in [-0.39, 0.29) is 23.6 Å². The first-order valence-corrected chi connectivity index (χ1v) is 14.0. The number of carbonyl (C=O) groups excluding carboxylic acids is 2. The first-order chi connectivity index (χ1) is 21.4. The van der Waals surface area contributed by atoms with Gasteiger partial charge < -0.3 is 5.32 Å². The average Bonchev–Trinajstić information content (AvgIpc) is 3.52. The molecule has 1 aromatic heterocycles. The van der Waals surface area contributed by atoms with Crippen LogP contribution in [-0.2, 0) is 18.1 Å². The number of nitrogens with zero attached hydrogens (tertiary/aromatic N) is 4. The number of aromatic nitrogens is 4. The summed E-state index contributed by atoms with van der Waals surface area (Å²) >= 11 is 0. The summed E-state index contributed by atoms with van der Waals surface area (Å²) in [6.45, 7) is 6.28. The van der Waals surface area contributed by atoms with Crippen molar-refractivity contribution < 1.29 is 22.8 Å². The van der Waals surface area contributed by atoms with E-state index in [0.717, 1.165) is 17.7 Å². The molecule has 0 aliphatic rings. The summed E-state index contributed by atoms with van der Waals surface area (Å²) in [4.78, 5) is 27.8. The number of amides is 3. The van der Waals surface area contributed by atoms with Crippen LogP contribution >= 0.6 is 0 Å². The molecule has 0 aliphatic carbocycles. The number of urea groups is 1. The SMILES string of the molecule is CC(C)(C)c1ccc(N(Cc2ccc(C(=O)Nc3nn[nH]n3)cc2)C(=O)Nc2cc(-c3ccccc3)cc(C(F)(F)F)c2)cc1. The van der Waals surface area contributed by atoms with Gasteiger partial charge in [-0.15, -0.1) is 5.10 Å². The average molecular weight is 614 g/mol. The smallest absolute Gasteiger partial charge is 0.307 e. The highest BCUT2D eigenvalue weighted by Gasteiger charge is 2.32. The van der Waals surface area contributed by atoms with Crippen LogP contribution in [0.5, 0.6) is 0 Å². The Morgan fingerprint density at radius 3 is 2.09 bits per heavy atom. The number of anilines is 3. The lowest BCUT2D eigenvalue weighted by Crippen LogP contribution is -2.34. The van der Waals surface area contributed by atoms with Gasteiger partial charge >= 0.3 is 12.2 Å². The number of hydrogen-bond acceptors (Lipinski definition) is 5. The van der Waals surface area contributed by atoms with Crippen LogP contribution in [0.3, 0.4) is 0 Å². The largest absolute Gasteiger partial charge is 0.416 e. The van der Waals surface area contributed by atoms with Gasteiger partial charge in [-0.1, -0.05) is 80.5 Å². The third-order valence-corrected chi connectivity index (χ3v) is 7.04. The fourth-order valence-electron chi connectivity index (χ4n) is 4.61. The summed E-state index contributed by atoms with van der Waals surface area (Å²) < 4.78 is 41.6. The van der Waals surface area contributed by atoms with Crippen molar-refractivity contribution in [3.05, 3.63) is 119 Å². The van der Waals surface area contributed by atoms with E-state index < -0.39 is 23.7 Å². The van der Waals surface area contributed by atoms with E-state index in [1.165, 1.54) is 11.0 Å².